The summed E-state index contributed by atoms with van der Waals surface area (Å²) in [5.74, 6) is 5.11. The third-order valence-electron chi connectivity index (χ3n) is 11.3. The lowest BCUT2D eigenvalue weighted by Crippen LogP contribution is -2.54. The summed E-state index contributed by atoms with van der Waals surface area (Å²) in [6.45, 7) is 18.8. The Labute approximate surface area is 210 Å². The van der Waals surface area contributed by atoms with Crippen LogP contribution in [0.3, 0.4) is 0 Å². The molecular formula is C31H52N2O. The molecule has 3 nitrogen and oxygen atoms in total. The van der Waals surface area contributed by atoms with E-state index in [9.17, 15) is 4.79 Å². The van der Waals surface area contributed by atoms with Gasteiger partial charge in [0, 0.05) is 18.1 Å². The summed E-state index contributed by atoms with van der Waals surface area (Å²) in [6.07, 6.45) is 16.0. The third-order valence-corrected chi connectivity index (χ3v) is 11.3. The fourth-order valence-corrected chi connectivity index (χ4v) is 9.60. The Morgan fingerprint density at radius 3 is 2.47 bits per heavy atom. The number of hydrazone groups is 1. The van der Waals surface area contributed by atoms with Crippen molar-refractivity contribution >= 4 is 11.6 Å². The maximum atomic E-state index is 11.5. The Balaban J connectivity index is 1.54. The van der Waals surface area contributed by atoms with Gasteiger partial charge in [-0.05, 0) is 91.3 Å². The monoisotopic (exact) mass is 468 g/mol. The second-order valence-electron chi connectivity index (χ2n) is 14.0. The SMILES string of the molecule is CC(=O)N/N=C1/CC[C@@]2(C)C(=CC[C@H]3[C@@H]4CC[C@H]([C@@H](C)CCCC(C)C)[C@@]4(C)CC[C@@H]32)C1(C)C. The van der Waals surface area contributed by atoms with Crippen LogP contribution in [0.2, 0.25) is 0 Å². The van der Waals surface area contributed by atoms with Gasteiger partial charge in [0.2, 0.25) is 5.91 Å². The molecule has 4 aliphatic rings. The lowest BCUT2D eigenvalue weighted by Gasteiger charge is -2.60. The number of hydrogen-bond acceptors (Lipinski definition) is 2. The van der Waals surface area contributed by atoms with Gasteiger partial charge in [-0.15, -0.1) is 0 Å². The van der Waals surface area contributed by atoms with Gasteiger partial charge in [0.05, 0.1) is 0 Å². The number of carbonyl (C=O) groups is 1. The molecule has 4 rings (SSSR count). The fourth-order valence-electron chi connectivity index (χ4n) is 9.60. The molecule has 0 unspecified atom stereocenters. The molecule has 0 saturated heterocycles. The molecule has 4 aliphatic carbocycles. The zero-order valence-electron chi connectivity index (χ0n) is 23.5. The molecule has 3 heteroatoms. The van der Waals surface area contributed by atoms with Crippen molar-refractivity contribution in [1.29, 1.82) is 0 Å². The molecule has 3 fully saturated rings. The van der Waals surface area contributed by atoms with E-state index in [0.29, 0.717) is 5.41 Å². The summed E-state index contributed by atoms with van der Waals surface area (Å²) in [6, 6.07) is 0. The summed E-state index contributed by atoms with van der Waals surface area (Å²) < 4.78 is 0. The molecule has 0 spiro atoms. The molecule has 3 saturated carbocycles. The van der Waals surface area contributed by atoms with E-state index in [1.54, 1.807) is 12.5 Å². The van der Waals surface area contributed by atoms with Crippen LogP contribution in [0.4, 0.5) is 0 Å². The first-order chi connectivity index (χ1) is 15.9. The normalized spacial score (nSPS) is 40.9. The van der Waals surface area contributed by atoms with Crippen molar-refractivity contribution in [1.82, 2.24) is 5.43 Å². The van der Waals surface area contributed by atoms with Crippen LogP contribution in [-0.4, -0.2) is 11.6 Å². The maximum Gasteiger partial charge on any atom is 0.236 e. The molecule has 34 heavy (non-hydrogen) atoms. The molecule has 0 aromatic heterocycles. The average molecular weight is 469 g/mol. The van der Waals surface area contributed by atoms with Gasteiger partial charge in [0.25, 0.3) is 0 Å². The molecule has 0 aromatic rings. The number of amides is 1. The van der Waals surface area contributed by atoms with Crippen LogP contribution in [-0.2, 0) is 4.79 Å². The number of hydrogen-bond donors (Lipinski definition) is 1. The highest BCUT2D eigenvalue weighted by Gasteiger charge is 2.60. The highest BCUT2D eigenvalue weighted by atomic mass is 16.2. The van der Waals surface area contributed by atoms with E-state index in [1.165, 1.54) is 57.8 Å². The fraction of sp³-hybridized carbons (Fsp3) is 0.871. The minimum absolute atomic E-state index is 0.0652. The van der Waals surface area contributed by atoms with Crippen molar-refractivity contribution in [2.24, 2.45) is 56.9 Å². The Hall–Kier alpha value is -1.12. The van der Waals surface area contributed by atoms with Crippen molar-refractivity contribution in [3.8, 4) is 0 Å². The van der Waals surface area contributed by atoms with Crippen molar-refractivity contribution in [2.75, 3.05) is 0 Å². The van der Waals surface area contributed by atoms with Crippen molar-refractivity contribution in [2.45, 2.75) is 120 Å². The zero-order chi connectivity index (χ0) is 24.9. The molecule has 192 valence electrons. The predicted octanol–water partition coefficient (Wildman–Crippen LogP) is 8.16. The maximum absolute atomic E-state index is 11.5. The van der Waals surface area contributed by atoms with Crippen LogP contribution < -0.4 is 5.43 Å². The van der Waals surface area contributed by atoms with E-state index < -0.39 is 0 Å². The van der Waals surface area contributed by atoms with Gasteiger partial charge < -0.3 is 0 Å². The highest BCUT2D eigenvalue weighted by molar-refractivity contribution is 5.94. The van der Waals surface area contributed by atoms with E-state index in [2.05, 4.69) is 65.1 Å². The van der Waals surface area contributed by atoms with Crippen LogP contribution in [0.1, 0.15) is 120 Å². The van der Waals surface area contributed by atoms with Crippen LogP contribution in [0.25, 0.3) is 0 Å². The first-order valence-electron chi connectivity index (χ1n) is 14.5. The predicted molar refractivity (Wildman–Crippen MR) is 143 cm³/mol. The second kappa shape index (κ2) is 9.40. The number of nitrogens with zero attached hydrogens (tertiary/aromatic N) is 1. The van der Waals surface area contributed by atoms with Crippen LogP contribution in [0, 0.1) is 51.8 Å². The lowest BCUT2D eigenvalue weighted by molar-refractivity contribution is -0.118. The van der Waals surface area contributed by atoms with Gasteiger partial charge in [-0.2, -0.15) is 5.10 Å². The molecule has 0 bridgehead atoms. The Bertz CT molecular complexity index is 838. The number of fused-ring (bicyclic) bond motifs is 5. The first-order valence-corrected chi connectivity index (χ1v) is 14.5. The summed E-state index contributed by atoms with van der Waals surface area (Å²) in [7, 11) is 0. The largest absolute Gasteiger partial charge is 0.274 e. The second-order valence-corrected chi connectivity index (χ2v) is 14.0. The Morgan fingerprint density at radius 2 is 1.79 bits per heavy atom. The van der Waals surface area contributed by atoms with Crippen LogP contribution >= 0.6 is 0 Å². The molecule has 0 aromatic carbocycles. The van der Waals surface area contributed by atoms with Gasteiger partial charge in [0.1, 0.15) is 0 Å². The summed E-state index contributed by atoms with van der Waals surface area (Å²) >= 11 is 0. The molecule has 0 aliphatic heterocycles. The number of nitrogens with one attached hydrogen (secondary N) is 1. The quantitative estimate of drug-likeness (QED) is 0.310. The molecule has 0 radical (unpaired) electrons. The molecule has 1 N–H and O–H groups in total. The smallest absolute Gasteiger partial charge is 0.236 e. The first kappa shape index (κ1) is 26.0. The van der Waals surface area contributed by atoms with E-state index >= 15 is 0 Å². The zero-order valence-corrected chi connectivity index (χ0v) is 23.5. The van der Waals surface area contributed by atoms with Crippen LogP contribution in [0.15, 0.2) is 16.8 Å². The molecular weight excluding hydrogens is 416 g/mol. The topological polar surface area (TPSA) is 41.5 Å². The lowest BCUT2D eigenvalue weighted by atomic mass is 9.44. The van der Waals surface area contributed by atoms with Gasteiger partial charge in [-0.1, -0.05) is 79.4 Å². The minimum atomic E-state index is -0.0740. The molecule has 1 amide bonds. The van der Waals surface area contributed by atoms with Gasteiger partial charge in [-0.25, -0.2) is 5.43 Å². The number of rotatable bonds is 6. The molecule has 0 heterocycles. The standard InChI is InChI=1S/C31H52N2O/c1-20(2)10-9-11-21(3)24-13-14-25-23-12-15-27-29(5,6)28(33-32-22(4)34)17-19-31(27,8)26(23)16-18-30(24,25)7/h15,20-21,23-26H,9-14,16-19H2,1-8H3,(H,32,34)/b33-28-/t21-,23-,24+,25-,26-,30+,31+/m0/s1. The average Bonchev–Trinajstić information content (AvgIpc) is 3.09. The highest BCUT2D eigenvalue weighted by Crippen LogP contribution is 2.68. The van der Waals surface area contributed by atoms with Gasteiger partial charge in [-0.3, -0.25) is 4.79 Å². The summed E-state index contributed by atoms with van der Waals surface area (Å²) in [5.41, 5.74) is 6.25. The Morgan fingerprint density at radius 1 is 1.06 bits per heavy atom. The third kappa shape index (κ3) is 4.32. The van der Waals surface area contributed by atoms with Crippen molar-refractivity contribution in [3.63, 3.8) is 0 Å². The van der Waals surface area contributed by atoms with E-state index in [0.717, 1.165) is 47.6 Å². The summed E-state index contributed by atoms with van der Waals surface area (Å²) in [4.78, 5) is 11.5. The summed E-state index contributed by atoms with van der Waals surface area (Å²) in [5, 5.41) is 4.57. The Kier molecular flexibility index (Phi) is 7.17. The van der Waals surface area contributed by atoms with Gasteiger partial charge >= 0.3 is 0 Å². The van der Waals surface area contributed by atoms with E-state index in [1.807, 2.05) is 0 Å². The van der Waals surface area contributed by atoms with Gasteiger partial charge in [0.15, 0.2) is 0 Å². The van der Waals surface area contributed by atoms with Crippen LogP contribution in [0.5, 0.6) is 0 Å². The van der Waals surface area contributed by atoms with E-state index in [-0.39, 0.29) is 16.7 Å². The minimum Gasteiger partial charge on any atom is -0.274 e. The number of allylic oxidation sites excluding steroid dienone is 2. The van der Waals surface area contributed by atoms with E-state index in [4.69, 9.17) is 0 Å². The molecule has 7 atom stereocenters. The van der Waals surface area contributed by atoms with Crippen molar-refractivity contribution < 1.29 is 4.79 Å². The number of carbonyl (C=O) groups excluding carboxylic acids is 1. The van der Waals surface area contributed by atoms with Crippen molar-refractivity contribution in [3.05, 3.63) is 11.6 Å².